The summed E-state index contributed by atoms with van der Waals surface area (Å²) in [5.74, 6) is 0.359. The standard InChI is InChI=1S/C18H23N3O4/c1-25-15-6-3-2-5-13(15)17(23)20-9-4-10-21(12-11-20)18(24)14-7-8-16(22)19-14/h2-3,5-6,14H,4,7-12H2,1H3,(H,19,22). The Hall–Kier alpha value is -2.57. The fourth-order valence-electron chi connectivity index (χ4n) is 3.35. The lowest BCUT2D eigenvalue weighted by atomic mass is 10.1. The minimum atomic E-state index is -0.413. The molecule has 2 saturated heterocycles. The number of rotatable bonds is 3. The quantitative estimate of drug-likeness (QED) is 0.872. The van der Waals surface area contributed by atoms with Crippen molar-refractivity contribution >= 4 is 17.7 Å². The van der Waals surface area contributed by atoms with Gasteiger partial charge in [-0.2, -0.15) is 0 Å². The molecule has 1 unspecified atom stereocenters. The van der Waals surface area contributed by atoms with Crippen molar-refractivity contribution in [3.8, 4) is 5.75 Å². The zero-order valence-electron chi connectivity index (χ0n) is 14.4. The Morgan fingerprint density at radius 3 is 2.56 bits per heavy atom. The van der Waals surface area contributed by atoms with Gasteiger partial charge in [0.1, 0.15) is 11.8 Å². The second-order valence-electron chi connectivity index (χ2n) is 6.33. The number of benzene rings is 1. The first kappa shape index (κ1) is 17.3. The van der Waals surface area contributed by atoms with Gasteiger partial charge in [0.2, 0.25) is 11.8 Å². The fourth-order valence-corrected chi connectivity index (χ4v) is 3.35. The second kappa shape index (κ2) is 7.55. The van der Waals surface area contributed by atoms with E-state index in [1.807, 2.05) is 12.1 Å². The highest BCUT2D eigenvalue weighted by Gasteiger charge is 2.32. The largest absolute Gasteiger partial charge is 0.496 e. The second-order valence-corrected chi connectivity index (χ2v) is 6.33. The molecule has 0 bridgehead atoms. The van der Waals surface area contributed by atoms with Crippen LogP contribution in [0.2, 0.25) is 0 Å². The van der Waals surface area contributed by atoms with Crippen LogP contribution in [0, 0.1) is 0 Å². The van der Waals surface area contributed by atoms with Crippen LogP contribution in [0.3, 0.4) is 0 Å². The smallest absolute Gasteiger partial charge is 0.257 e. The van der Waals surface area contributed by atoms with Crippen LogP contribution in [0.15, 0.2) is 24.3 Å². The van der Waals surface area contributed by atoms with E-state index in [1.54, 1.807) is 29.0 Å². The summed E-state index contributed by atoms with van der Waals surface area (Å²) in [5, 5.41) is 2.72. The zero-order chi connectivity index (χ0) is 17.8. The first-order valence-corrected chi connectivity index (χ1v) is 8.60. The number of carbonyl (C=O) groups excluding carboxylic acids is 3. The Bertz CT molecular complexity index is 676. The number of hydrogen-bond donors (Lipinski definition) is 1. The maximum Gasteiger partial charge on any atom is 0.257 e. The summed E-state index contributed by atoms with van der Waals surface area (Å²) < 4.78 is 5.27. The maximum absolute atomic E-state index is 12.8. The van der Waals surface area contributed by atoms with E-state index in [1.165, 1.54) is 0 Å². The van der Waals surface area contributed by atoms with E-state index in [2.05, 4.69) is 5.32 Å². The zero-order valence-corrected chi connectivity index (χ0v) is 14.4. The molecule has 7 heteroatoms. The van der Waals surface area contributed by atoms with E-state index in [0.717, 1.165) is 0 Å². The van der Waals surface area contributed by atoms with Crippen LogP contribution < -0.4 is 10.1 Å². The first-order chi connectivity index (χ1) is 12.1. The van der Waals surface area contributed by atoms with E-state index in [4.69, 9.17) is 4.74 Å². The predicted octanol–water partition coefficient (Wildman–Crippen LogP) is 0.648. The molecule has 1 aromatic rings. The van der Waals surface area contributed by atoms with Gasteiger partial charge in [0, 0.05) is 32.6 Å². The molecular weight excluding hydrogens is 322 g/mol. The van der Waals surface area contributed by atoms with Gasteiger partial charge < -0.3 is 19.9 Å². The van der Waals surface area contributed by atoms with Crippen LogP contribution in [-0.2, 0) is 9.59 Å². The third-order valence-electron chi connectivity index (χ3n) is 4.73. The Morgan fingerprint density at radius 1 is 1.12 bits per heavy atom. The van der Waals surface area contributed by atoms with Gasteiger partial charge in [-0.05, 0) is 25.0 Å². The maximum atomic E-state index is 12.8. The molecule has 2 heterocycles. The van der Waals surface area contributed by atoms with E-state index in [9.17, 15) is 14.4 Å². The Balaban J connectivity index is 1.64. The van der Waals surface area contributed by atoms with Crippen molar-refractivity contribution in [2.24, 2.45) is 0 Å². The number of nitrogens with one attached hydrogen (secondary N) is 1. The molecule has 1 N–H and O–H groups in total. The molecule has 25 heavy (non-hydrogen) atoms. The molecule has 3 amide bonds. The highest BCUT2D eigenvalue weighted by Crippen LogP contribution is 2.20. The van der Waals surface area contributed by atoms with E-state index in [-0.39, 0.29) is 17.7 Å². The van der Waals surface area contributed by atoms with Crippen molar-refractivity contribution in [2.45, 2.75) is 25.3 Å². The number of amides is 3. The highest BCUT2D eigenvalue weighted by atomic mass is 16.5. The number of carbonyl (C=O) groups is 3. The van der Waals surface area contributed by atoms with Crippen LogP contribution in [0.1, 0.15) is 29.6 Å². The highest BCUT2D eigenvalue weighted by molar-refractivity contribution is 5.97. The van der Waals surface area contributed by atoms with Gasteiger partial charge in [0.15, 0.2) is 0 Å². The lowest BCUT2D eigenvalue weighted by Crippen LogP contribution is -2.46. The lowest BCUT2D eigenvalue weighted by molar-refractivity contribution is -0.134. The molecule has 1 atom stereocenters. The third kappa shape index (κ3) is 3.75. The Kier molecular flexibility index (Phi) is 5.21. The summed E-state index contributed by atoms with van der Waals surface area (Å²) in [6, 6.07) is 6.75. The van der Waals surface area contributed by atoms with Gasteiger partial charge in [-0.3, -0.25) is 14.4 Å². The van der Waals surface area contributed by atoms with E-state index in [0.29, 0.717) is 56.8 Å². The summed E-state index contributed by atoms with van der Waals surface area (Å²) in [5.41, 5.74) is 0.535. The van der Waals surface area contributed by atoms with Crippen LogP contribution in [0.25, 0.3) is 0 Å². The molecule has 2 fully saturated rings. The number of methoxy groups -OCH3 is 1. The number of para-hydroxylation sites is 1. The topological polar surface area (TPSA) is 79.0 Å². The minimum Gasteiger partial charge on any atom is -0.496 e. The molecule has 0 aliphatic carbocycles. The van der Waals surface area contributed by atoms with Crippen molar-refractivity contribution in [3.05, 3.63) is 29.8 Å². The molecule has 2 aliphatic rings. The van der Waals surface area contributed by atoms with Crippen molar-refractivity contribution in [1.82, 2.24) is 15.1 Å². The molecule has 1 aromatic carbocycles. The van der Waals surface area contributed by atoms with Crippen molar-refractivity contribution in [1.29, 1.82) is 0 Å². The molecule has 0 spiro atoms. The van der Waals surface area contributed by atoms with Crippen molar-refractivity contribution < 1.29 is 19.1 Å². The molecule has 3 rings (SSSR count). The summed E-state index contributed by atoms with van der Waals surface area (Å²) in [6.07, 6.45) is 1.67. The molecular formula is C18H23N3O4. The molecule has 134 valence electrons. The van der Waals surface area contributed by atoms with Gasteiger partial charge in [-0.25, -0.2) is 0 Å². The van der Waals surface area contributed by atoms with Crippen LogP contribution in [0.4, 0.5) is 0 Å². The third-order valence-corrected chi connectivity index (χ3v) is 4.73. The number of hydrogen-bond acceptors (Lipinski definition) is 4. The van der Waals surface area contributed by atoms with Crippen LogP contribution in [0.5, 0.6) is 5.75 Å². The molecule has 0 radical (unpaired) electrons. The van der Waals surface area contributed by atoms with Gasteiger partial charge >= 0.3 is 0 Å². The summed E-state index contributed by atoms with van der Waals surface area (Å²) >= 11 is 0. The van der Waals surface area contributed by atoms with Crippen LogP contribution >= 0.6 is 0 Å². The normalized spacial score (nSPS) is 20.8. The summed E-state index contributed by atoms with van der Waals surface area (Å²) in [6.45, 7) is 2.15. The van der Waals surface area contributed by atoms with Crippen LogP contribution in [-0.4, -0.2) is 66.9 Å². The average Bonchev–Trinajstić information content (AvgIpc) is 2.92. The summed E-state index contributed by atoms with van der Waals surface area (Å²) in [4.78, 5) is 40.2. The Labute approximate surface area is 146 Å². The lowest BCUT2D eigenvalue weighted by Gasteiger charge is -2.24. The van der Waals surface area contributed by atoms with Crippen molar-refractivity contribution in [3.63, 3.8) is 0 Å². The molecule has 7 nitrogen and oxygen atoms in total. The monoisotopic (exact) mass is 345 g/mol. The van der Waals surface area contributed by atoms with Gasteiger partial charge in [0.25, 0.3) is 5.91 Å². The van der Waals surface area contributed by atoms with E-state index >= 15 is 0 Å². The predicted molar refractivity (Wildman–Crippen MR) is 91.3 cm³/mol. The number of ether oxygens (including phenoxy) is 1. The molecule has 2 aliphatic heterocycles. The Morgan fingerprint density at radius 2 is 1.84 bits per heavy atom. The minimum absolute atomic E-state index is 0.0440. The fraction of sp³-hybridized carbons (Fsp3) is 0.500. The molecule has 0 aromatic heterocycles. The van der Waals surface area contributed by atoms with Crippen molar-refractivity contribution in [2.75, 3.05) is 33.3 Å². The number of nitrogens with zero attached hydrogens (tertiary/aromatic N) is 2. The molecule has 0 saturated carbocycles. The average molecular weight is 345 g/mol. The van der Waals surface area contributed by atoms with Gasteiger partial charge in [0.05, 0.1) is 12.7 Å². The van der Waals surface area contributed by atoms with Gasteiger partial charge in [-0.15, -0.1) is 0 Å². The SMILES string of the molecule is COc1ccccc1C(=O)N1CCCN(C(=O)C2CCC(=O)N2)CC1. The first-order valence-electron chi connectivity index (χ1n) is 8.60. The summed E-state index contributed by atoms with van der Waals surface area (Å²) in [7, 11) is 1.55. The van der Waals surface area contributed by atoms with E-state index < -0.39 is 6.04 Å². The van der Waals surface area contributed by atoms with Gasteiger partial charge in [-0.1, -0.05) is 12.1 Å².